The summed E-state index contributed by atoms with van der Waals surface area (Å²) in [5.41, 5.74) is 0. The van der Waals surface area contributed by atoms with Crippen LogP contribution in [-0.2, 0) is 0 Å². The van der Waals surface area contributed by atoms with E-state index in [0.717, 1.165) is 12.2 Å². The smallest absolute Gasteiger partial charge is 0.0177 e. The first-order chi connectivity index (χ1) is 5.41. The summed E-state index contributed by atoms with van der Waals surface area (Å²) in [5.74, 6) is 5.08. The van der Waals surface area contributed by atoms with Gasteiger partial charge in [0.1, 0.15) is 0 Å². The maximum absolute atomic E-state index is 5.13. The van der Waals surface area contributed by atoms with E-state index in [4.69, 9.17) is 6.42 Å². The zero-order valence-corrected chi connectivity index (χ0v) is 8.25. The standard InChI is InChI=1S/C10H18S/c1-3-5-7-8-10-11-9-6-4-2/h2H,3,5-10H2,1H3. The number of hydrogen-bond acceptors (Lipinski definition) is 1. The first kappa shape index (κ1) is 10.9. The molecular weight excluding hydrogens is 152 g/mol. The molecule has 0 aliphatic rings. The van der Waals surface area contributed by atoms with Gasteiger partial charge in [-0.2, -0.15) is 11.8 Å². The Morgan fingerprint density at radius 2 is 2.00 bits per heavy atom. The van der Waals surface area contributed by atoms with E-state index in [0.29, 0.717) is 0 Å². The van der Waals surface area contributed by atoms with Crippen LogP contribution in [0.15, 0.2) is 0 Å². The Balaban J connectivity index is 2.75. The normalized spacial score (nSPS) is 9.45. The number of rotatable bonds is 7. The van der Waals surface area contributed by atoms with Gasteiger partial charge in [0.05, 0.1) is 0 Å². The van der Waals surface area contributed by atoms with Crippen LogP contribution in [-0.4, -0.2) is 11.5 Å². The lowest BCUT2D eigenvalue weighted by Gasteiger charge is -1.97. The molecule has 0 aliphatic heterocycles. The van der Waals surface area contributed by atoms with Gasteiger partial charge in [-0.25, -0.2) is 0 Å². The Hall–Kier alpha value is -0.0900. The summed E-state index contributed by atoms with van der Waals surface area (Å²) in [5, 5.41) is 0. The van der Waals surface area contributed by atoms with Crippen LogP contribution in [0.1, 0.15) is 39.0 Å². The molecule has 1 heteroatoms. The highest BCUT2D eigenvalue weighted by Crippen LogP contribution is 2.07. The molecule has 0 aromatic rings. The van der Waals surface area contributed by atoms with E-state index in [1.807, 2.05) is 11.8 Å². The molecule has 0 heterocycles. The number of thioether (sulfide) groups is 1. The van der Waals surface area contributed by atoms with Gasteiger partial charge in [0, 0.05) is 12.2 Å². The van der Waals surface area contributed by atoms with Gasteiger partial charge in [0.2, 0.25) is 0 Å². The maximum Gasteiger partial charge on any atom is 0.0177 e. The number of unbranched alkanes of at least 4 members (excludes halogenated alkanes) is 3. The molecule has 0 unspecified atom stereocenters. The van der Waals surface area contributed by atoms with Crippen molar-refractivity contribution < 1.29 is 0 Å². The lowest BCUT2D eigenvalue weighted by atomic mass is 10.2. The van der Waals surface area contributed by atoms with Crippen molar-refractivity contribution in [1.82, 2.24) is 0 Å². The van der Waals surface area contributed by atoms with Crippen molar-refractivity contribution in [3.63, 3.8) is 0 Å². The van der Waals surface area contributed by atoms with E-state index >= 15 is 0 Å². The zero-order chi connectivity index (χ0) is 8.36. The van der Waals surface area contributed by atoms with Gasteiger partial charge in [-0.15, -0.1) is 12.3 Å². The van der Waals surface area contributed by atoms with E-state index in [-0.39, 0.29) is 0 Å². The lowest BCUT2D eigenvalue weighted by Crippen LogP contribution is -1.83. The van der Waals surface area contributed by atoms with Gasteiger partial charge in [-0.1, -0.05) is 26.2 Å². The van der Waals surface area contributed by atoms with Crippen LogP contribution in [0.25, 0.3) is 0 Å². The minimum Gasteiger partial charge on any atom is -0.161 e. The van der Waals surface area contributed by atoms with Crippen LogP contribution in [0, 0.1) is 12.3 Å². The zero-order valence-electron chi connectivity index (χ0n) is 7.44. The largest absolute Gasteiger partial charge is 0.161 e. The highest BCUT2D eigenvalue weighted by Gasteiger charge is 1.88. The quantitative estimate of drug-likeness (QED) is 0.417. The highest BCUT2D eigenvalue weighted by molar-refractivity contribution is 7.99. The fourth-order valence-corrected chi connectivity index (χ4v) is 1.74. The van der Waals surface area contributed by atoms with Crippen molar-refractivity contribution in [2.45, 2.75) is 39.0 Å². The Bertz CT molecular complexity index is 102. The summed E-state index contributed by atoms with van der Waals surface area (Å²) < 4.78 is 0. The van der Waals surface area contributed by atoms with Crippen LogP contribution in [0.2, 0.25) is 0 Å². The molecule has 0 spiro atoms. The molecule has 0 amide bonds. The van der Waals surface area contributed by atoms with E-state index in [1.54, 1.807) is 0 Å². The minimum absolute atomic E-state index is 0.929. The summed E-state index contributed by atoms with van der Waals surface area (Å²) >= 11 is 1.99. The SMILES string of the molecule is C#CCCSCCCCCC. The van der Waals surface area contributed by atoms with Crippen molar-refractivity contribution in [2.24, 2.45) is 0 Å². The molecule has 0 saturated carbocycles. The average Bonchev–Trinajstić information content (AvgIpc) is 2.03. The van der Waals surface area contributed by atoms with Crippen LogP contribution < -0.4 is 0 Å². The van der Waals surface area contributed by atoms with Gasteiger partial charge in [-0.3, -0.25) is 0 Å². The number of hydrogen-bond donors (Lipinski definition) is 0. The maximum atomic E-state index is 5.13. The average molecular weight is 170 g/mol. The molecule has 0 aromatic heterocycles. The van der Waals surface area contributed by atoms with Gasteiger partial charge in [0.15, 0.2) is 0 Å². The number of terminal acetylenes is 1. The predicted molar refractivity (Wildman–Crippen MR) is 54.9 cm³/mol. The molecule has 0 radical (unpaired) electrons. The van der Waals surface area contributed by atoms with Crippen LogP contribution >= 0.6 is 11.8 Å². The molecule has 0 saturated heterocycles. The van der Waals surface area contributed by atoms with Crippen LogP contribution in [0.4, 0.5) is 0 Å². The Kier molecular flexibility index (Phi) is 9.83. The third-order valence-corrected chi connectivity index (χ3v) is 2.60. The Morgan fingerprint density at radius 1 is 1.18 bits per heavy atom. The summed E-state index contributed by atoms with van der Waals surface area (Å²) in [6.07, 6.45) is 11.5. The lowest BCUT2D eigenvalue weighted by molar-refractivity contribution is 0.706. The molecule has 0 nitrogen and oxygen atoms in total. The topological polar surface area (TPSA) is 0 Å². The summed E-state index contributed by atoms with van der Waals surface area (Å²) in [4.78, 5) is 0. The summed E-state index contributed by atoms with van der Waals surface area (Å²) in [6.45, 7) is 2.24. The van der Waals surface area contributed by atoms with Crippen molar-refractivity contribution in [3.8, 4) is 12.3 Å². The van der Waals surface area contributed by atoms with Gasteiger partial charge in [0.25, 0.3) is 0 Å². The van der Waals surface area contributed by atoms with E-state index in [2.05, 4.69) is 12.8 Å². The van der Waals surface area contributed by atoms with Gasteiger partial charge < -0.3 is 0 Å². The molecule has 0 bridgehead atoms. The molecule has 0 aliphatic carbocycles. The third-order valence-electron chi connectivity index (χ3n) is 1.53. The van der Waals surface area contributed by atoms with E-state index in [1.165, 1.54) is 31.4 Å². The predicted octanol–water partition coefficient (Wildman–Crippen LogP) is 3.32. The molecule has 11 heavy (non-hydrogen) atoms. The molecule has 0 fully saturated rings. The monoisotopic (exact) mass is 170 g/mol. The van der Waals surface area contributed by atoms with Crippen molar-refractivity contribution in [1.29, 1.82) is 0 Å². The van der Waals surface area contributed by atoms with E-state index < -0.39 is 0 Å². The summed E-state index contributed by atoms with van der Waals surface area (Å²) in [7, 11) is 0. The third kappa shape index (κ3) is 9.91. The Labute approximate surface area is 75.1 Å². The first-order valence-corrected chi connectivity index (χ1v) is 5.58. The second kappa shape index (κ2) is 9.91. The van der Waals surface area contributed by atoms with Gasteiger partial charge in [-0.05, 0) is 12.2 Å². The minimum atomic E-state index is 0.929. The van der Waals surface area contributed by atoms with Crippen LogP contribution in [0.3, 0.4) is 0 Å². The molecule has 0 aromatic carbocycles. The fourth-order valence-electron chi connectivity index (χ4n) is 0.864. The Morgan fingerprint density at radius 3 is 2.64 bits per heavy atom. The van der Waals surface area contributed by atoms with Gasteiger partial charge >= 0.3 is 0 Å². The molecule has 0 atom stereocenters. The van der Waals surface area contributed by atoms with Crippen molar-refractivity contribution in [2.75, 3.05) is 11.5 Å². The van der Waals surface area contributed by atoms with Crippen molar-refractivity contribution >= 4 is 11.8 Å². The van der Waals surface area contributed by atoms with Crippen molar-refractivity contribution in [3.05, 3.63) is 0 Å². The molecule has 64 valence electrons. The van der Waals surface area contributed by atoms with Crippen LogP contribution in [0.5, 0.6) is 0 Å². The highest BCUT2D eigenvalue weighted by atomic mass is 32.2. The fraction of sp³-hybridized carbons (Fsp3) is 0.800. The molecule has 0 N–H and O–H groups in total. The molecular formula is C10H18S. The second-order valence-electron chi connectivity index (χ2n) is 2.63. The van der Waals surface area contributed by atoms with E-state index in [9.17, 15) is 0 Å². The summed E-state index contributed by atoms with van der Waals surface area (Å²) in [6, 6.07) is 0. The first-order valence-electron chi connectivity index (χ1n) is 4.43. The molecule has 0 rings (SSSR count). The second-order valence-corrected chi connectivity index (χ2v) is 3.85.